The number of allylic oxidation sites excluding steroid dienone is 1. The number of fused-ring (bicyclic) bond motifs is 1. The summed E-state index contributed by atoms with van der Waals surface area (Å²) >= 11 is 0. The average molecular weight is 293 g/mol. The minimum absolute atomic E-state index is 0.134. The standard InChI is InChI=1S/C18H19N3O/c19-10-4-7-16-8-9-17-18(15(13-22)12-21(16)17)20-11-14-5-2-1-3-6-14/h1-9,15,18,20,22H,11-13H2/b7-4+/t15-,18+/m1/s1. The summed E-state index contributed by atoms with van der Waals surface area (Å²) in [6, 6.07) is 16.5. The molecule has 1 aromatic carbocycles. The number of aliphatic hydroxyl groups is 1. The molecule has 0 amide bonds. The Hall–Kier alpha value is -2.35. The maximum absolute atomic E-state index is 9.67. The first kappa shape index (κ1) is 14.6. The summed E-state index contributed by atoms with van der Waals surface area (Å²) in [5.41, 5.74) is 3.42. The maximum atomic E-state index is 9.67. The van der Waals surface area contributed by atoms with E-state index in [1.165, 1.54) is 17.3 Å². The van der Waals surface area contributed by atoms with E-state index in [1.54, 1.807) is 0 Å². The molecule has 22 heavy (non-hydrogen) atoms. The van der Waals surface area contributed by atoms with Gasteiger partial charge in [0.2, 0.25) is 0 Å². The van der Waals surface area contributed by atoms with Crippen molar-refractivity contribution in [3.05, 3.63) is 65.5 Å². The van der Waals surface area contributed by atoms with Crippen LogP contribution in [0.5, 0.6) is 0 Å². The van der Waals surface area contributed by atoms with Crippen LogP contribution in [0.25, 0.3) is 6.08 Å². The molecule has 1 aliphatic rings. The average Bonchev–Trinajstić information content (AvgIpc) is 3.11. The van der Waals surface area contributed by atoms with E-state index in [1.807, 2.05) is 36.4 Å². The summed E-state index contributed by atoms with van der Waals surface area (Å²) < 4.78 is 2.18. The lowest BCUT2D eigenvalue weighted by atomic mass is 10.0. The van der Waals surface area contributed by atoms with Crippen molar-refractivity contribution in [1.29, 1.82) is 5.26 Å². The van der Waals surface area contributed by atoms with Crippen molar-refractivity contribution < 1.29 is 5.11 Å². The van der Waals surface area contributed by atoms with Crippen LogP contribution in [0.3, 0.4) is 0 Å². The van der Waals surface area contributed by atoms with Gasteiger partial charge in [0, 0.05) is 43.1 Å². The molecule has 0 fully saturated rings. The van der Waals surface area contributed by atoms with Gasteiger partial charge in [-0.3, -0.25) is 0 Å². The van der Waals surface area contributed by atoms with E-state index in [0.717, 1.165) is 18.8 Å². The van der Waals surface area contributed by atoms with Crippen LogP contribution in [-0.2, 0) is 13.1 Å². The number of aliphatic hydroxyl groups excluding tert-OH is 1. The van der Waals surface area contributed by atoms with E-state index in [4.69, 9.17) is 5.26 Å². The van der Waals surface area contributed by atoms with E-state index in [9.17, 15) is 5.11 Å². The van der Waals surface area contributed by atoms with Gasteiger partial charge in [0.25, 0.3) is 0 Å². The van der Waals surface area contributed by atoms with Gasteiger partial charge in [-0.25, -0.2) is 0 Å². The van der Waals surface area contributed by atoms with Crippen molar-refractivity contribution in [2.75, 3.05) is 6.61 Å². The Bertz CT molecular complexity index is 697. The second kappa shape index (κ2) is 6.61. The van der Waals surface area contributed by atoms with Crippen LogP contribution < -0.4 is 5.32 Å². The minimum Gasteiger partial charge on any atom is -0.396 e. The summed E-state index contributed by atoms with van der Waals surface area (Å²) in [5, 5.41) is 21.9. The van der Waals surface area contributed by atoms with Gasteiger partial charge in [0.05, 0.1) is 12.1 Å². The fourth-order valence-electron chi connectivity index (χ4n) is 3.09. The molecular weight excluding hydrogens is 274 g/mol. The van der Waals surface area contributed by atoms with E-state index < -0.39 is 0 Å². The van der Waals surface area contributed by atoms with Gasteiger partial charge >= 0.3 is 0 Å². The first-order valence-corrected chi connectivity index (χ1v) is 7.47. The molecule has 112 valence electrons. The molecule has 3 rings (SSSR count). The van der Waals surface area contributed by atoms with Crippen molar-refractivity contribution in [3.8, 4) is 6.07 Å². The zero-order valence-corrected chi connectivity index (χ0v) is 12.3. The molecule has 4 nitrogen and oxygen atoms in total. The molecule has 0 bridgehead atoms. The summed E-state index contributed by atoms with van der Waals surface area (Å²) in [6.45, 7) is 1.70. The normalized spacial score (nSPS) is 20.2. The Morgan fingerprint density at radius 1 is 1.27 bits per heavy atom. The highest BCUT2D eigenvalue weighted by molar-refractivity contribution is 5.50. The van der Waals surface area contributed by atoms with Crippen LogP contribution >= 0.6 is 0 Å². The summed E-state index contributed by atoms with van der Waals surface area (Å²) in [6.07, 6.45) is 3.30. The number of nitrogens with zero attached hydrogens (tertiary/aromatic N) is 2. The van der Waals surface area contributed by atoms with E-state index in [0.29, 0.717) is 0 Å². The fourth-order valence-corrected chi connectivity index (χ4v) is 3.09. The lowest BCUT2D eigenvalue weighted by Crippen LogP contribution is -2.27. The molecule has 1 aromatic heterocycles. The van der Waals surface area contributed by atoms with Crippen LogP contribution in [0, 0.1) is 17.2 Å². The largest absolute Gasteiger partial charge is 0.396 e. The van der Waals surface area contributed by atoms with Crippen LogP contribution in [0.2, 0.25) is 0 Å². The van der Waals surface area contributed by atoms with Gasteiger partial charge in [-0.05, 0) is 23.8 Å². The van der Waals surface area contributed by atoms with Gasteiger partial charge < -0.3 is 15.0 Å². The molecule has 0 unspecified atom stereocenters. The lowest BCUT2D eigenvalue weighted by Gasteiger charge is -2.18. The van der Waals surface area contributed by atoms with E-state index >= 15 is 0 Å². The first-order valence-electron chi connectivity index (χ1n) is 7.47. The molecule has 0 radical (unpaired) electrons. The SMILES string of the molecule is N#C/C=C/c1ccc2n1C[C@H](CO)[C@@H]2NCc1ccccc1. The second-order valence-corrected chi connectivity index (χ2v) is 5.54. The monoisotopic (exact) mass is 293 g/mol. The predicted octanol–water partition coefficient (Wildman–Crippen LogP) is 2.48. The first-order chi connectivity index (χ1) is 10.8. The molecule has 2 N–H and O–H groups in total. The Balaban J connectivity index is 1.78. The van der Waals surface area contributed by atoms with E-state index in [-0.39, 0.29) is 18.6 Å². The molecule has 2 aromatic rings. The number of nitriles is 1. The third-order valence-corrected chi connectivity index (χ3v) is 4.19. The Morgan fingerprint density at radius 3 is 2.82 bits per heavy atom. The fraction of sp³-hybridized carbons (Fsp3) is 0.278. The molecule has 0 saturated carbocycles. The highest BCUT2D eigenvalue weighted by Crippen LogP contribution is 2.34. The zero-order chi connectivity index (χ0) is 15.4. The van der Waals surface area contributed by atoms with Gasteiger partial charge in [0.1, 0.15) is 0 Å². The highest BCUT2D eigenvalue weighted by atomic mass is 16.3. The Morgan fingerprint density at radius 2 is 2.09 bits per heavy atom. The molecule has 2 atom stereocenters. The minimum atomic E-state index is 0.134. The van der Waals surface area contributed by atoms with Crippen molar-refractivity contribution in [2.24, 2.45) is 5.92 Å². The van der Waals surface area contributed by atoms with Gasteiger partial charge in [0.15, 0.2) is 0 Å². The molecule has 0 spiro atoms. The number of aromatic nitrogens is 1. The molecule has 4 heteroatoms. The van der Waals surface area contributed by atoms with Crippen LogP contribution in [0.4, 0.5) is 0 Å². The third kappa shape index (κ3) is 2.82. The Labute approximate surface area is 130 Å². The van der Waals surface area contributed by atoms with Gasteiger partial charge in [-0.1, -0.05) is 30.3 Å². The van der Waals surface area contributed by atoms with Crippen molar-refractivity contribution >= 4 is 6.08 Å². The maximum Gasteiger partial charge on any atom is 0.0912 e. The predicted molar refractivity (Wildman–Crippen MR) is 85.7 cm³/mol. The number of nitrogens with one attached hydrogen (secondary N) is 1. The van der Waals surface area contributed by atoms with Crippen molar-refractivity contribution in [3.63, 3.8) is 0 Å². The smallest absolute Gasteiger partial charge is 0.0912 e. The molecule has 0 aliphatic carbocycles. The molecule has 1 aliphatic heterocycles. The molecule has 0 saturated heterocycles. The van der Waals surface area contributed by atoms with Crippen molar-refractivity contribution in [2.45, 2.75) is 19.1 Å². The quantitative estimate of drug-likeness (QED) is 0.833. The van der Waals surface area contributed by atoms with Gasteiger partial charge in [-0.2, -0.15) is 5.26 Å². The number of rotatable bonds is 5. The summed E-state index contributed by atoms with van der Waals surface area (Å²) in [7, 11) is 0. The summed E-state index contributed by atoms with van der Waals surface area (Å²) in [5.74, 6) is 0.161. The number of hydrogen-bond donors (Lipinski definition) is 2. The third-order valence-electron chi connectivity index (χ3n) is 4.19. The van der Waals surface area contributed by atoms with Crippen molar-refractivity contribution in [1.82, 2.24) is 9.88 Å². The molecule has 2 heterocycles. The zero-order valence-electron chi connectivity index (χ0n) is 12.3. The van der Waals surface area contributed by atoms with Gasteiger partial charge in [-0.15, -0.1) is 0 Å². The Kier molecular flexibility index (Phi) is 4.38. The lowest BCUT2D eigenvalue weighted by molar-refractivity contribution is 0.193. The van der Waals surface area contributed by atoms with E-state index in [2.05, 4.69) is 28.1 Å². The second-order valence-electron chi connectivity index (χ2n) is 5.54. The molecular formula is C18H19N3O. The number of hydrogen-bond acceptors (Lipinski definition) is 3. The highest BCUT2D eigenvalue weighted by Gasteiger charge is 2.32. The van der Waals surface area contributed by atoms with Crippen LogP contribution in [0.1, 0.15) is 23.0 Å². The summed E-state index contributed by atoms with van der Waals surface area (Å²) in [4.78, 5) is 0. The number of benzene rings is 1. The topological polar surface area (TPSA) is 61.0 Å². The van der Waals surface area contributed by atoms with Crippen LogP contribution in [0.15, 0.2) is 48.5 Å². The van der Waals surface area contributed by atoms with Crippen LogP contribution in [-0.4, -0.2) is 16.3 Å².